The molecule has 0 aliphatic carbocycles. The average Bonchev–Trinajstić information content (AvgIpc) is 3.86. The van der Waals surface area contributed by atoms with Crippen molar-refractivity contribution < 1.29 is 22.9 Å². The first kappa shape index (κ1) is 31.5. The molecule has 0 spiro atoms. The number of epoxide rings is 2. The summed E-state index contributed by atoms with van der Waals surface area (Å²) in [5.41, 5.74) is 1.74. The van der Waals surface area contributed by atoms with Gasteiger partial charge in [0.05, 0.1) is 17.5 Å². The maximum Gasteiger partial charge on any atom is 0.307 e. The topological polar surface area (TPSA) is 77.5 Å². The highest BCUT2D eigenvalue weighted by molar-refractivity contribution is 8.76. The fourth-order valence-electron chi connectivity index (χ4n) is 6.10. The molecule has 2 fully saturated rings. The summed E-state index contributed by atoms with van der Waals surface area (Å²) in [5, 5.41) is 6.33. The highest BCUT2D eigenvalue weighted by Crippen LogP contribution is 2.60. The molecule has 2 saturated heterocycles. The normalized spacial score (nSPS) is 22.9. The van der Waals surface area contributed by atoms with Crippen molar-refractivity contribution in [1.29, 1.82) is 0 Å². The maximum atomic E-state index is 13.9. The van der Waals surface area contributed by atoms with Gasteiger partial charge >= 0.3 is 6.33 Å². The first-order valence-electron chi connectivity index (χ1n) is 14.9. The Labute approximate surface area is 292 Å². The smallest absolute Gasteiger partial charge is 0.307 e. The molecule has 14 heteroatoms. The van der Waals surface area contributed by atoms with Crippen molar-refractivity contribution in [3.8, 4) is 0 Å². The van der Waals surface area contributed by atoms with Crippen LogP contribution < -0.4 is 4.68 Å². The Morgan fingerprint density at radius 3 is 1.96 bits per heavy atom. The summed E-state index contributed by atoms with van der Waals surface area (Å²) < 4.78 is 46.2. The number of aromatic nitrogens is 6. The lowest BCUT2D eigenvalue weighted by molar-refractivity contribution is -0.766. The Hall–Kier alpha value is -3.78. The van der Waals surface area contributed by atoms with Gasteiger partial charge in [-0.3, -0.25) is 0 Å². The fourth-order valence-corrected chi connectivity index (χ4v) is 8.47. The number of halogens is 4. The van der Waals surface area contributed by atoms with Gasteiger partial charge in [-0.25, -0.2) is 18.4 Å². The quantitative estimate of drug-likeness (QED) is 0.0765. The molecule has 4 heterocycles. The van der Waals surface area contributed by atoms with Crippen molar-refractivity contribution in [2.24, 2.45) is 0 Å². The Balaban J connectivity index is 1.04. The van der Waals surface area contributed by atoms with Gasteiger partial charge in [0.25, 0.3) is 6.33 Å². The Bertz CT molecular complexity index is 1950. The Morgan fingerprint density at radius 1 is 0.771 bits per heavy atom. The van der Waals surface area contributed by atoms with E-state index in [1.165, 1.54) is 52.4 Å². The second-order valence-corrected chi connectivity index (χ2v) is 14.3. The molecule has 0 amide bonds. The summed E-state index contributed by atoms with van der Waals surface area (Å²) in [5.74, 6) is -0.657. The highest BCUT2D eigenvalue weighted by atomic mass is 35.5. The zero-order valence-electron chi connectivity index (χ0n) is 24.9. The van der Waals surface area contributed by atoms with Crippen molar-refractivity contribution in [2.45, 2.75) is 41.7 Å². The minimum absolute atomic E-state index is 0.322. The van der Waals surface area contributed by atoms with Gasteiger partial charge in [-0.1, -0.05) is 83.9 Å². The predicted octanol–water partition coefficient (Wildman–Crippen LogP) is 7.88. The Kier molecular flexibility index (Phi) is 8.26. The standard InChI is InChI=1S/C34H25Cl2F2N6O2S2/c35-28-7-3-1-5-26(28)30-33(45-30,22-9-13-24(37)14-10-22)17-42-20-39-21-44(42)48-47-32-40-19-41-43(32)18-34(23-11-15-25(38)16-12-23)31(46-34)27-6-2-4-8-29(27)36/h1-16,19-21,30-31H,17-18H2/q+1. The number of rotatable bonds is 11. The van der Waals surface area contributed by atoms with Crippen LogP contribution in [0.15, 0.2) is 121 Å². The first-order valence-corrected chi connectivity index (χ1v) is 17.7. The molecule has 8 rings (SSSR count). The van der Waals surface area contributed by atoms with Crippen LogP contribution in [0.25, 0.3) is 0 Å². The van der Waals surface area contributed by atoms with Crippen LogP contribution in [0.4, 0.5) is 8.78 Å². The van der Waals surface area contributed by atoms with Gasteiger partial charge in [0, 0.05) is 32.0 Å². The van der Waals surface area contributed by atoms with E-state index in [4.69, 9.17) is 32.7 Å². The van der Waals surface area contributed by atoms with E-state index < -0.39 is 11.2 Å². The van der Waals surface area contributed by atoms with Crippen LogP contribution in [0.1, 0.15) is 34.5 Å². The van der Waals surface area contributed by atoms with E-state index >= 15 is 0 Å². The van der Waals surface area contributed by atoms with Crippen LogP contribution in [0, 0.1) is 11.6 Å². The van der Waals surface area contributed by atoms with Crippen molar-refractivity contribution in [3.63, 3.8) is 0 Å². The number of benzene rings is 4. The number of hydrogen-bond acceptors (Lipinski definition) is 7. The summed E-state index contributed by atoms with van der Waals surface area (Å²) in [6, 6.07) is 27.7. The van der Waals surface area contributed by atoms with Crippen molar-refractivity contribution in [3.05, 3.63) is 160 Å². The van der Waals surface area contributed by atoms with Gasteiger partial charge in [0.2, 0.25) is 0 Å². The first-order chi connectivity index (χ1) is 23.4. The predicted molar refractivity (Wildman–Crippen MR) is 178 cm³/mol. The molecule has 242 valence electrons. The van der Waals surface area contributed by atoms with Crippen molar-refractivity contribution in [1.82, 2.24) is 23.8 Å². The molecule has 2 aliphatic heterocycles. The second-order valence-electron chi connectivity index (χ2n) is 11.5. The lowest BCUT2D eigenvalue weighted by Crippen LogP contribution is -2.45. The average molecular weight is 723 g/mol. The molecular formula is C34H25Cl2F2N6O2S2+. The summed E-state index contributed by atoms with van der Waals surface area (Å²) >= 11 is 13.1. The third-order valence-electron chi connectivity index (χ3n) is 8.60. The van der Waals surface area contributed by atoms with E-state index in [2.05, 4.69) is 15.1 Å². The van der Waals surface area contributed by atoms with E-state index in [-0.39, 0.29) is 23.8 Å². The lowest BCUT2D eigenvalue weighted by atomic mass is 9.91. The minimum atomic E-state index is -0.820. The van der Waals surface area contributed by atoms with Gasteiger partial charge in [-0.15, -0.1) is 8.77 Å². The molecule has 4 aromatic carbocycles. The van der Waals surface area contributed by atoms with Gasteiger partial charge in [0.1, 0.15) is 42.3 Å². The molecular weight excluding hydrogens is 697 g/mol. The molecule has 4 atom stereocenters. The largest absolute Gasteiger partial charge is 0.354 e. The molecule has 48 heavy (non-hydrogen) atoms. The monoisotopic (exact) mass is 721 g/mol. The maximum absolute atomic E-state index is 13.9. The highest BCUT2D eigenvalue weighted by Gasteiger charge is 2.62. The molecule has 4 unspecified atom stereocenters. The van der Waals surface area contributed by atoms with E-state index in [0.29, 0.717) is 28.3 Å². The molecule has 0 saturated carbocycles. The lowest BCUT2D eigenvalue weighted by Gasteiger charge is -2.16. The van der Waals surface area contributed by atoms with Crippen LogP contribution in [0.2, 0.25) is 10.0 Å². The van der Waals surface area contributed by atoms with Crippen molar-refractivity contribution in [2.75, 3.05) is 0 Å². The number of hydrogen-bond donors (Lipinski definition) is 0. The van der Waals surface area contributed by atoms with E-state index in [1.54, 1.807) is 41.6 Å². The van der Waals surface area contributed by atoms with Crippen LogP contribution in [0.3, 0.4) is 0 Å². The number of nitrogens with zero attached hydrogens (tertiary/aromatic N) is 6. The van der Waals surface area contributed by atoms with E-state index in [0.717, 1.165) is 22.3 Å². The summed E-state index contributed by atoms with van der Waals surface area (Å²) in [6.45, 7) is 0.707. The van der Waals surface area contributed by atoms with Gasteiger partial charge in [-0.2, -0.15) is 5.10 Å². The SMILES string of the molecule is Fc1ccc(C2(Cn3ncnc3SSn3cnc[n+]3CC3(c4ccc(F)cc4)OC3c3ccccc3Cl)OC2c2ccccc2Cl)cc1. The van der Waals surface area contributed by atoms with Crippen LogP contribution in [-0.2, 0) is 33.8 Å². The molecule has 2 aliphatic rings. The van der Waals surface area contributed by atoms with Gasteiger partial charge in [-0.05, 0) is 52.5 Å². The van der Waals surface area contributed by atoms with E-state index in [9.17, 15) is 8.78 Å². The number of ether oxygens (including phenoxy) is 2. The van der Waals surface area contributed by atoms with Crippen LogP contribution in [-0.4, -0.2) is 23.8 Å². The van der Waals surface area contributed by atoms with Crippen LogP contribution >= 0.6 is 45.0 Å². The second kappa shape index (κ2) is 12.6. The van der Waals surface area contributed by atoms with Gasteiger partial charge < -0.3 is 9.47 Å². The van der Waals surface area contributed by atoms with E-state index in [1.807, 2.05) is 57.3 Å². The molecule has 0 N–H and O–H groups in total. The zero-order valence-corrected chi connectivity index (χ0v) is 28.0. The minimum Gasteiger partial charge on any atom is -0.354 e. The summed E-state index contributed by atoms with van der Waals surface area (Å²) in [6.07, 6.45) is 4.22. The Morgan fingerprint density at radius 2 is 1.33 bits per heavy atom. The van der Waals surface area contributed by atoms with Gasteiger partial charge in [0.15, 0.2) is 10.8 Å². The molecule has 6 aromatic rings. The molecule has 2 aromatic heterocycles. The third-order valence-corrected chi connectivity index (χ3v) is 11.4. The summed E-state index contributed by atoms with van der Waals surface area (Å²) in [4.78, 5) is 8.91. The summed E-state index contributed by atoms with van der Waals surface area (Å²) in [7, 11) is 2.78. The van der Waals surface area contributed by atoms with Crippen LogP contribution in [0.5, 0.6) is 0 Å². The molecule has 0 radical (unpaired) electrons. The zero-order chi connectivity index (χ0) is 32.9. The molecule has 8 nitrogen and oxygen atoms in total. The third kappa shape index (κ3) is 5.80. The molecule has 0 bridgehead atoms. The fraction of sp³-hybridized carbons (Fsp3) is 0.176. The van der Waals surface area contributed by atoms with Crippen molar-refractivity contribution >= 4 is 45.0 Å².